The molecule has 3 aromatic carbocycles. The van der Waals surface area contributed by atoms with Crippen molar-refractivity contribution in [3.05, 3.63) is 83.6 Å². The summed E-state index contributed by atoms with van der Waals surface area (Å²) >= 11 is 0. The van der Waals surface area contributed by atoms with Gasteiger partial charge in [0.1, 0.15) is 11.3 Å². The number of anilines is 1. The molecule has 180 valence electrons. The van der Waals surface area contributed by atoms with Crippen molar-refractivity contribution in [3.8, 4) is 16.9 Å². The van der Waals surface area contributed by atoms with Gasteiger partial charge in [-0.25, -0.2) is 13.6 Å². The largest absolute Gasteiger partial charge is 0.496 e. The number of nitrogens with one attached hydrogen (secondary N) is 1. The number of benzene rings is 3. The number of allylic oxidation sites excluding steroid dienone is 1. The van der Waals surface area contributed by atoms with Gasteiger partial charge in [0.15, 0.2) is 0 Å². The molecule has 0 aliphatic carbocycles. The van der Waals surface area contributed by atoms with Crippen molar-refractivity contribution in [2.24, 2.45) is 5.14 Å². The van der Waals surface area contributed by atoms with Gasteiger partial charge >= 0.3 is 0 Å². The zero-order chi connectivity index (χ0) is 25.3. The summed E-state index contributed by atoms with van der Waals surface area (Å²) in [4.78, 5) is 12.7. The van der Waals surface area contributed by atoms with Crippen molar-refractivity contribution in [3.63, 3.8) is 0 Å². The topological polar surface area (TPSA) is 112 Å². The molecule has 8 heteroatoms. The number of carbonyl (C=O) groups is 1. The van der Waals surface area contributed by atoms with Crippen molar-refractivity contribution in [1.29, 1.82) is 0 Å². The molecule has 1 aromatic heterocycles. The highest BCUT2D eigenvalue weighted by Crippen LogP contribution is 2.40. The average Bonchev–Trinajstić information content (AvgIpc) is 3.23. The Bertz CT molecular complexity index is 1550. The second-order valence-corrected chi connectivity index (χ2v) is 9.92. The maximum Gasteiger partial charge on any atom is 0.248 e. The number of primary sulfonamides is 1. The highest BCUT2D eigenvalue weighted by Gasteiger charge is 2.19. The van der Waals surface area contributed by atoms with E-state index in [4.69, 9.17) is 14.3 Å². The Kier molecular flexibility index (Phi) is 6.51. The summed E-state index contributed by atoms with van der Waals surface area (Å²) in [5.74, 6) is 0.262. The predicted octanol–water partition coefficient (Wildman–Crippen LogP) is 5.41. The maximum atomic E-state index is 12.7. The summed E-state index contributed by atoms with van der Waals surface area (Å²) in [6.07, 6.45) is 3.21. The van der Waals surface area contributed by atoms with E-state index in [1.54, 1.807) is 13.4 Å². The molecule has 0 unspecified atom stereocenters. The number of fused-ring (bicyclic) bond motifs is 1. The van der Waals surface area contributed by atoms with Crippen molar-refractivity contribution < 1.29 is 22.4 Å². The molecule has 0 spiro atoms. The van der Waals surface area contributed by atoms with E-state index in [1.807, 2.05) is 26.8 Å². The maximum absolute atomic E-state index is 12.7. The molecule has 7 nitrogen and oxygen atoms in total. The van der Waals surface area contributed by atoms with Crippen LogP contribution in [0.15, 0.2) is 76.2 Å². The van der Waals surface area contributed by atoms with Crippen molar-refractivity contribution >= 4 is 38.2 Å². The number of carbonyl (C=O) groups excluding carboxylic acids is 1. The minimum atomic E-state index is -3.80. The van der Waals surface area contributed by atoms with Crippen LogP contribution in [0.1, 0.15) is 23.6 Å². The molecule has 0 atom stereocenters. The van der Waals surface area contributed by atoms with Crippen molar-refractivity contribution in [1.82, 2.24) is 0 Å². The first kappa shape index (κ1) is 24.3. The van der Waals surface area contributed by atoms with E-state index in [0.717, 1.165) is 33.2 Å². The van der Waals surface area contributed by atoms with Gasteiger partial charge < -0.3 is 14.5 Å². The number of ether oxygens (including phenoxy) is 1. The number of sulfonamides is 1. The third kappa shape index (κ3) is 4.99. The fourth-order valence-electron chi connectivity index (χ4n) is 4.01. The molecule has 1 heterocycles. The van der Waals surface area contributed by atoms with Gasteiger partial charge in [-0.3, -0.25) is 4.79 Å². The first-order valence-corrected chi connectivity index (χ1v) is 12.4. The summed E-state index contributed by atoms with van der Waals surface area (Å²) in [6.45, 7) is 5.80. The lowest BCUT2D eigenvalue weighted by atomic mass is 9.96. The monoisotopic (exact) mass is 490 g/mol. The number of hydrogen-bond acceptors (Lipinski definition) is 5. The molecule has 0 saturated carbocycles. The van der Waals surface area contributed by atoms with Crippen LogP contribution in [0.3, 0.4) is 0 Å². The second-order valence-electron chi connectivity index (χ2n) is 8.36. The van der Waals surface area contributed by atoms with Gasteiger partial charge in [-0.2, -0.15) is 0 Å². The van der Waals surface area contributed by atoms with Gasteiger partial charge in [0, 0.05) is 33.8 Å². The molecule has 0 aliphatic rings. The third-order valence-electron chi connectivity index (χ3n) is 5.83. The van der Waals surface area contributed by atoms with E-state index in [-0.39, 0.29) is 10.8 Å². The highest BCUT2D eigenvalue weighted by molar-refractivity contribution is 7.89. The van der Waals surface area contributed by atoms with E-state index >= 15 is 0 Å². The Hall–Kier alpha value is -3.88. The molecule has 0 bridgehead atoms. The van der Waals surface area contributed by atoms with Crippen LogP contribution in [0.5, 0.6) is 5.75 Å². The molecular formula is C27H26N2O5S. The molecule has 0 fully saturated rings. The van der Waals surface area contributed by atoms with Crippen molar-refractivity contribution in [2.45, 2.75) is 25.7 Å². The fraction of sp³-hybridized carbons (Fsp3) is 0.148. The van der Waals surface area contributed by atoms with Gasteiger partial charge in [0.25, 0.3) is 0 Å². The van der Waals surface area contributed by atoms with Gasteiger partial charge in [-0.15, -0.1) is 0 Å². The lowest BCUT2D eigenvalue weighted by molar-refractivity contribution is -0.111. The Balaban J connectivity index is 1.70. The quantitative estimate of drug-likeness (QED) is 0.351. The van der Waals surface area contributed by atoms with Crippen molar-refractivity contribution in [2.75, 3.05) is 12.4 Å². The number of rotatable bonds is 6. The Morgan fingerprint density at radius 1 is 1.06 bits per heavy atom. The number of hydrogen-bond donors (Lipinski definition) is 2. The molecule has 0 aliphatic heterocycles. The summed E-state index contributed by atoms with van der Waals surface area (Å²) < 4.78 is 34.4. The Morgan fingerprint density at radius 3 is 2.31 bits per heavy atom. The van der Waals surface area contributed by atoms with Crippen LogP contribution in [-0.2, 0) is 14.8 Å². The predicted molar refractivity (Wildman–Crippen MR) is 138 cm³/mol. The number of furan rings is 1. The first-order valence-electron chi connectivity index (χ1n) is 10.9. The first-order chi connectivity index (χ1) is 16.6. The number of amides is 1. The van der Waals surface area contributed by atoms with Gasteiger partial charge in [-0.1, -0.05) is 29.8 Å². The molecule has 1 amide bonds. The van der Waals surface area contributed by atoms with E-state index in [1.165, 1.54) is 35.9 Å². The van der Waals surface area contributed by atoms with Crippen LogP contribution in [-0.4, -0.2) is 21.4 Å². The molecule has 0 saturated heterocycles. The van der Waals surface area contributed by atoms with E-state index in [9.17, 15) is 13.2 Å². The number of aryl methyl sites for hydroxylation is 2. The molecular weight excluding hydrogens is 464 g/mol. The van der Waals surface area contributed by atoms with Gasteiger partial charge in [-0.05, 0) is 62.2 Å². The molecule has 35 heavy (non-hydrogen) atoms. The van der Waals surface area contributed by atoms with Crippen LogP contribution >= 0.6 is 0 Å². The Labute approximate surface area is 204 Å². The lowest BCUT2D eigenvalue weighted by Crippen LogP contribution is -2.12. The lowest BCUT2D eigenvalue weighted by Gasteiger charge is -2.13. The zero-order valence-electron chi connectivity index (χ0n) is 19.9. The summed E-state index contributed by atoms with van der Waals surface area (Å²) in [5, 5.41) is 8.78. The minimum absolute atomic E-state index is 0.0276. The summed E-state index contributed by atoms with van der Waals surface area (Å²) in [7, 11) is -2.21. The van der Waals surface area contributed by atoms with Gasteiger partial charge in [0.2, 0.25) is 15.9 Å². The smallest absolute Gasteiger partial charge is 0.248 e. The average molecular weight is 491 g/mol. The summed E-state index contributed by atoms with van der Waals surface area (Å²) in [5.41, 5.74) is 6.64. The number of nitrogens with two attached hydrogens (primary N) is 1. The van der Waals surface area contributed by atoms with E-state index in [2.05, 4.69) is 29.6 Å². The highest BCUT2D eigenvalue weighted by atomic mass is 32.2. The van der Waals surface area contributed by atoms with Crippen LogP contribution in [0.25, 0.3) is 27.7 Å². The van der Waals surface area contributed by atoms with Crippen LogP contribution in [0, 0.1) is 13.8 Å². The molecule has 4 rings (SSSR count). The zero-order valence-corrected chi connectivity index (χ0v) is 20.7. The second kappa shape index (κ2) is 9.40. The molecule has 4 aromatic rings. The normalized spacial score (nSPS) is 12.1. The van der Waals surface area contributed by atoms with E-state index < -0.39 is 10.0 Å². The fourth-order valence-corrected chi connectivity index (χ4v) is 4.52. The SMILES string of the molecule is COc1c(/C(C)=C/C(=O)Nc2ccc(S(N)(=O)=O)cc2)cc2c(-c3ccc(C)cc3)coc2c1C. The number of methoxy groups -OCH3 is 1. The van der Waals surface area contributed by atoms with Crippen LogP contribution < -0.4 is 15.2 Å². The summed E-state index contributed by atoms with van der Waals surface area (Å²) in [6, 6.07) is 15.8. The van der Waals surface area contributed by atoms with Crippen LogP contribution in [0.2, 0.25) is 0 Å². The minimum Gasteiger partial charge on any atom is -0.496 e. The molecule has 0 radical (unpaired) electrons. The van der Waals surface area contributed by atoms with Crippen LogP contribution in [0.4, 0.5) is 5.69 Å². The Morgan fingerprint density at radius 2 is 1.71 bits per heavy atom. The van der Waals surface area contributed by atoms with E-state index in [0.29, 0.717) is 17.0 Å². The molecule has 3 N–H and O–H groups in total. The third-order valence-corrected chi connectivity index (χ3v) is 6.76. The standard InChI is InChI=1S/C27H26N2O5S/c1-16-5-7-19(8-6-16)24-15-34-27-18(3)26(33-4)22(14-23(24)27)17(2)13-25(30)29-20-9-11-21(12-10-20)35(28,31)32/h5-15H,1-4H3,(H,29,30)(H2,28,31,32)/b17-13+. The van der Waals surface area contributed by atoms with Gasteiger partial charge in [0.05, 0.1) is 18.3 Å².